The zero-order valence-electron chi connectivity index (χ0n) is 23.3. The minimum Gasteiger partial charge on any atom is -0.481 e. The number of aliphatic carboxylic acids is 1. The monoisotopic (exact) mass is 524 g/mol. The number of rotatable bonds is 16. The lowest BCUT2D eigenvalue weighted by atomic mass is 9.87. The van der Waals surface area contributed by atoms with E-state index in [1.807, 2.05) is 6.21 Å². The van der Waals surface area contributed by atoms with Gasteiger partial charge in [0.25, 0.3) is 0 Å². The van der Waals surface area contributed by atoms with Crippen molar-refractivity contribution in [2.24, 2.45) is 4.99 Å². The second kappa shape index (κ2) is 14.9. The van der Waals surface area contributed by atoms with Crippen LogP contribution in [0, 0.1) is 0 Å². The van der Waals surface area contributed by atoms with E-state index in [2.05, 4.69) is 34.8 Å². The molecule has 37 heavy (non-hydrogen) atoms. The summed E-state index contributed by atoms with van der Waals surface area (Å²) in [6.45, 7) is 8.31. The normalized spacial score (nSPS) is 31.3. The Hall–Kier alpha value is -1.10. The fraction of sp³-hybridized carbons (Fsp3) is 0.929. The van der Waals surface area contributed by atoms with Gasteiger partial charge in [0.15, 0.2) is 6.67 Å². The number of aliphatic imine (C=N–C) groups is 1. The Morgan fingerprint density at radius 1 is 1.16 bits per heavy atom. The summed E-state index contributed by atoms with van der Waals surface area (Å²) >= 11 is 0. The summed E-state index contributed by atoms with van der Waals surface area (Å²) in [6.07, 6.45) is 13.9. The zero-order chi connectivity index (χ0) is 26.7. The number of piperidine rings is 2. The largest absolute Gasteiger partial charge is 0.481 e. The van der Waals surface area contributed by atoms with Crippen molar-refractivity contribution in [2.45, 2.75) is 133 Å². The maximum Gasteiger partial charge on any atom is 0.306 e. The van der Waals surface area contributed by atoms with Crippen LogP contribution in [0.5, 0.6) is 0 Å². The molecular weight excluding hydrogens is 470 g/mol. The van der Waals surface area contributed by atoms with Gasteiger partial charge in [-0.15, -0.1) is 0 Å². The van der Waals surface area contributed by atoms with Crippen LogP contribution in [0.3, 0.4) is 0 Å². The molecule has 0 aromatic rings. The maximum atomic E-state index is 11.4. The molecule has 3 heterocycles. The van der Waals surface area contributed by atoms with E-state index in [0.29, 0.717) is 25.0 Å². The maximum absolute atomic E-state index is 11.4. The summed E-state index contributed by atoms with van der Waals surface area (Å²) in [5.41, 5.74) is -1.22. The van der Waals surface area contributed by atoms with Gasteiger partial charge in [0.1, 0.15) is 12.6 Å². The smallest absolute Gasteiger partial charge is 0.306 e. The average molecular weight is 525 g/mol. The molecule has 3 rings (SSSR count). The predicted octanol–water partition coefficient (Wildman–Crippen LogP) is 0.842. The summed E-state index contributed by atoms with van der Waals surface area (Å²) in [7, 11) is 0. The summed E-state index contributed by atoms with van der Waals surface area (Å²) in [6, 6.07) is 1.04. The zero-order valence-corrected chi connectivity index (χ0v) is 23.3. The first-order chi connectivity index (χ1) is 17.7. The molecule has 0 radical (unpaired) electrons. The van der Waals surface area contributed by atoms with Crippen LogP contribution in [0.2, 0.25) is 0 Å². The molecule has 0 bridgehead atoms. The summed E-state index contributed by atoms with van der Waals surface area (Å²) in [4.78, 5) is 17.3. The van der Waals surface area contributed by atoms with E-state index in [4.69, 9.17) is 0 Å². The van der Waals surface area contributed by atoms with Crippen molar-refractivity contribution >= 4 is 12.2 Å². The molecule has 7 N–H and O–H groups in total. The molecule has 0 saturated carbocycles. The van der Waals surface area contributed by atoms with E-state index < -0.39 is 11.6 Å². The average Bonchev–Trinajstić information content (AvgIpc) is 3.39. The predicted molar refractivity (Wildman–Crippen MR) is 147 cm³/mol. The molecular formula is C28H54N5O4+. The Morgan fingerprint density at radius 3 is 2.49 bits per heavy atom. The fourth-order valence-electron chi connectivity index (χ4n) is 6.38. The number of hydrogen-bond donors (Lipinski definition) is 7. The van der Waals surface area contributed by atoms with Gasteiger partial charge in [0, 0.05) is 24.5 Å². The molecule has 0 aromatic carbocycles. The first-order valence-corrected chi connectivity index (χ1v) is 14.9. The standard InChI is InChI=1S/C28H53N5O4/c1-22-25(34)18-24(33-17-16-30-21-33)23(32-22)10-8-6-4-3-5-7-9-11-28(37,19-26(35)36)20-31-27(2)12-14-29-15-13-27/h16,22-25,29,31-32,34,37H,3-15,17-21H2,1-2H3,(H,35,36)/p+1/t22-,23+,24-,25+,28+/m0/s1. The number of carboxylic acid groups (broad SMARTS) is 1. The number of carboxylic acids is 1. The number of nitrogens with one attached hydrogen (secondary N) is 4. The number of carbonyl (C=O) groups is 1. The van der Waals surface area contributed by atoms with Crippen molar-refractivity contribution < 1.29 is 25.0 Å². The highest BCUT2D eigenvalue weighted by Gasteiger charge is 2.40. The van der Waals surface area contributed by atoms with E-state index in [9.17, 15) is 20.1 Å². The highest BCUT2D eigenvalue weighted by molar-refractivity contribution is 5.68. The van der Waals surface area contributed by atoms with Crippen LogP contribution in [0.15, 0.2) is 4.99 Å². The lowest BCUT2D eigenvalue weighted by Crippen LogP contribution is -3.16. The Balaban J connectivity index is 1.28. The minimum atomic E-state index is -1.18. The van der Waals surface area contributed by atoms with Gasteiger partial charge in [-0.25, -0.2) is 4.99 Å². The molecule has 2 saturated heterocycles. The molecule has 0 aliphatic carbocycles. The Kier molecular flexibility index (Phi) is 12.3. The van der Waals surface area contributed by atoms with Gasteiger partial charge in [0.05, 0.1) is 30.4 Å². The molecule has 6 atom stereocenters. The van der Waals surface area contributed by atoms with Gasteiger partial charge in [-0.3, -0.25) is 4.79 Å². The van der Waals surface area contributed by atoms with Gasteiger partial charge >= 0.3 is 5.97 Å². The quantitative estimate of drug-likeness (QED) is 0.149. The van der Waals surface area contributed by atoms with Crippen LogP contribution in [-0.2, 0) is 4.79 Å². The fourth-order valence-corrected chi connectivity index (χ4v) is 6.38. The molecule has 214 valence electrons. The SMILES string of the molecule is C[C@@H]1N[C@H](CCCCCCCCC[C@](O)(CNC2(C)CCNCC2)CC(=O)O)[C@@H]([NH+]2CC=NC2)C[C@H]1O. The van der Waals surface area contributed by atoms with Crippen LogP contribution < -0.4 is 20.9 Å². The minimum absolute atomic E-state index is 0.0354. The number of unbranched alkanes of at least 4 members (excludes halogenated alkanes) is 6. The molecule has 0 amide bonds. The van der Waals surface area contributed by atoms with Gasteiger partial charge in [-0.2, -0.15) is 0 Å². The molecule has 1 unspecified atom stereocenters. The molecule has 3 aliphatic heterocycles. The summed E-state index contributed by atoms with van der Waals surface area (Å²) in [5, 5.41) is 41.3. The Morgan fingerprint density at radius 2 is 1.84 bits per heavy atom. The van der Waals surface area contributed by atoms with Crippen LogP contribution in [0.4, 0.5) is 0 Å². The number of hydrogen-bond acceptors (Lipinski definition) is 7. The Bertz CT molecular complexity index is 709. The lowest BCUT2D eigenvalue weighted by molar-refractivity contribution is -0.914. The van der Waals surface area contributed by atoms with Gasteiger partial charge in [-0.1, -0.05) is 44.9 Å². The highest BCUT2D eigenvalue weighted by atomic mass is 16.4. The van der Waals surface area contributed by atoms with Crippen LogP contribution in [0.25, 0.3) is 0 Å². The van der Waals surface area contributed by atoms with Crippen LogP contribution >= 0.6 is 0 Å². The summed E-state index contributed by atoms with van der Waals surface area (Å²) < 4.78 is 0. The number of aliphatic hydroxyl groups is 2. The Labute approximate surface area is 223 Å². The first-order valence-electron chi connectivity index (χ1n) is 14.9. The second-order valence-corrected chi connectivity index (χ2v) is 12.3. The third-order valence-corrected chi connectivity index (χ3v) is 9.03. The van der Waals surface area contributed by atoms with E-state index in [-0.39, 0.29) is 24.1 Å². The van der Waals surface area contributed by atoms with E-state index in [1.165, 1.54) is 30.6 Å². The van der Waals surface area contributed by atoms with E-state index in [1.54, 1.807) is 0 Å². The van der Waals surface area contributed by atoms with Gasteiger partial charge in [-0.05, 0) is 52.6 Å². The van der Waals surface area contributed by atoms with Crippen molar-refractivity contribution in [3.63, 3.8) is 0 Å². The third kappa shape index (κ3) is 10.2. The molecule has 0 aromatic heterocycles. The van der Waals surface area contributed by atoms with E-state index >= 15 is 0 Å². The number of nitrogens with zero attached hydrogens (tertiary/aromatic N) is 1. The highest BCUT2D eigenvalue weighted by Crippen LogP contribution is 2.24. The first kappa shape index (κ1) is 30.4. The van der Waals surface area contributed by atoms with Crippen molar-refractivity contribution in [1.29, 1.82) is 0 Å². The third-order valence-electron chi connectivity index (χ3n) is 9.03. The van der Waals surface area contributed by atoms with Crippen molar-refractivity contribution in [1.82, 2.24) is 16.0 Å². The summed E-state index contributed by atoms with van der Waals surface area (Å²) in [5.74, 6) is -0.933. The van der Waals surface area contributed by atoms with Gasteiger partial charge < -0.3 is 36.2 Å². The van der Waals surface area contributed by atoms with E-state index in [0.717, 1.165) is 71.2 Å². The van der Waals surface area contributed by atoms with Crippen LogP contribution in [-0.4, -0.2) is 95.7 Å². The van der Waals surface area contributed by atoms with Crippen molar-refractivity contribution in [3.05, 3.63) is 0 Å². The van der Waals surface area contributed by atoms with Crippen LogP contribution in [0.1, 0.15) is 97.3 Å². The molecule has 3 aliphatic rings. The molecule has 9 nitrogen and oxygen atoms in total. The topological polar surface area (TPSA) is 131 Å². The van der Waals surface area contributed by atoms with Crippen molar-refractivity contribution in [3.8, 4) is 0 Å². The molecule has 0 spiro atoms. The number of quaternary nitrogens is 1. The van der Waals surface area contributed by atoms with Crippen molar-refractivity contribution in [2.75, 3.05) is 32.8 Å². The molecule has 9 heteroatoms. The number of aliphatic hydroxyl groups excluding tert-OH is 1. The number of β-amino-alcohol motifs (C(OH)–C–C–N with tert-alkyl or cyclic N) is 1. The molecule has 2 fully saturated rings. The van der Waals surface area contributed by atoms with Gasteiger partial charge in [0.2, 0.25) is 0 Å². The second-order valence-electron chi connectivity index (χ2n) is 12.3. The lowest BCUT2D eigenvalue weighted by Gasteiger charge is -2.41.